The van der Waals surface area contributed by atoms with Gasteiger partial charge in [0.2, 0.25) is 0 Å². The number of H-pyrrole nitrogens is 2. The Hall–Kier alpha value is -1.84. The van der Waals surface area contributed by atoms with Gasteiger partial charge in [-0.05, 0) is 25.8 Å². The molecule has 0 amide bonds. The molecule has 0 aromatic carbocycles. The zero-order valence-electron chi connectivity index (χ0n) is 11.0. The summed E-state index contributed by atoms with van der Waals surface area (Å²) in [7, 11) is 0. The average molecular weight is 248 g/mol. The van der Waals surface area contributed by atoms with Gasteiger partial charge in [0.25, 0.3) is 11.1 Å². The smallest absolute Gasteiger partial charge is 0.272 e. The minimum atomic E-state index is -0.269. The molecule has 0 saturated carbocycles. The van der Waals surface area contributed by atoms with Crippen LogP contribution in [0, 0.1) is 0 Å². The molecule has 1 aromatic heterocycles. The fraction of sp³-hybridized carbons (Fsp3) is 0.429. The highest BCUT2D eigenvalue weighted by atomic mass is 16.1. The minimum absolute atomic E-state index is 0.248. The normalized spacial score (nSPS) is 13.7. The maximum Gasteiger partial charge on any atom is 0.272 e. The van der Waals surface area contributed by atoms with Crippen LogP contribution in [0.2, 0.25) is 0 Å². The van der Waals surface area contributed by atoms with E-state index in [0.29, 0.717) is 5.35 Å². The number of hydrogen-bond acceptors (Lipinski definition) is 2. The molecule has 98 valence electrons. The number of aromatic amines is 2. The Bertz CT molecular complexity index is 620. The number of aromatic nitrogens is 2. The molecular weight excluding hydrogens is 228 g/mol. The molecule has 0 atom stereocenters. The SMILES string of the molecule is C/C=C/C=c1\[nH]c(=O)/c(=C/CCCCC)[nH]c1=O. The Kier molecular flexibility index (Phi) is 5.91. The fourth-order valence-electron chi connectivity index (χ4n) is 1.59. The summed E-state index contributed by atoms with van der Waals surface area (Å²) < 4.78 is 0. The van der Waals surface area contributed by atoms with Crippen LogP contribution in [0.1, 0.15) is 39.5 Å². The number of hydrogen-bond donors (Lipinski definition) is 2. The number of rotatable bonds is 5. The van der Waals surface area contributed by atoms with Crippen LogP contribution >= 0.6 is 0 Å². The van der Waals surface area contributed by atoms with Crippen molar-refractivity contribution in [2.24, 2.45) is 0 Å². The highest BCUT2D eigenvalue weighted by molar-refractivity contribution is 5.32. The van der Waals surface area contributed by atoms with E-state index in [1.165, 1.54) is 0 Å². The van der Waals surface area contributed by atoms with Crippen LogP contribution in [0.25, 0.3) is 12.2 Å². The lowest BCUT2D eigenvalue weighted by Gasteiger charge is -1.92. The summed E-state index contributed by atoms with van der Waals surface area (Å²) in [6.07, 6.45) is 11.0. The lowest BCUT2D eigenvalue weighted by Crippen LogP contribution is -2.46. The van der Waals surface area contributed by atoms with E-state index >= 15 is 0 Å². The van der Waals surface area contributed by atoms with Gasteiger partial charge in [0.05, 0.1) is 0 Å². The van der Waals surface area contributed by atoms with Crippen LogP contribution in [-0.4, -0.2) is 9.97 Å². The van der Waals surface area contributed by atoms with Crippen molar-refractivity contribution < 1.29 is 0 Å². The molecule has 4 nitrogen and oxygen atoms in total. The van der Waals surface area contributed by atoms with Crippen molar-refractivity contribution in [3.63, 3.8) is 0 Å². The van der Waals surface area contributed by atoms with Crippen LogP contribution in [-0.2, 0) is 0 Å². The topological polar surface area (TPSA) is 65.7 Å². The summed E-state index contributed by atoms with van der Waals surface area (Å²) in [5.41, 5.74) is -0.517. The third kappa shape index (κ3) is 4.20. The molecule has 1 aromatic rings. The van der Waals surface area contributed by atoms with Crippen molar-refractivity contribution in [1.29, 1.82) is 0 Å². The molecule has 0 bridgehead atoms. The molecule has 1 heterocycles. The van der Waals surface area contributed by atoms with Crippen LogP contribution in [0.4, 0.5) is 0 Å². The molecule has 0 radical (unpaired) electrons. The van der Waals surface area contributed by atoms with Crippen LogP contribution in [0.15, 0.2) is 21.7 Å². The van der Waals surface area contributed by atoms with E-state index in [-0.39, 0.29) is 16.5 Å². The van der Waals surface area contributed by atoms with Gasteiger partial charge in [0, 0.05) is 0 Å². The summed E-state index contributed by atoms with van der Waals surface area (Å²) in [5, 5.41) is 0.637. The molecule has 4 heteroatoms. The maximum absolute atomic E-state index is 11.7. The summed E-state index contributed by atoms with van der Waals surface area (Å²) in [5.74, 6) is 0. The quantitative estimate of drug-likeness (QED) is 0.756. The molecule has 0 aliphatic carbocycles. The molecule has 0 unspecified atom stereocenters. The van der Waals surface area contributed by atoms with Gasteiger partial charge in [0.15, 0.2) is 0 Å². The molecule has 0 spiro atoms. The molecule has 1 rings (SSSR count). The highest BCUT2D eigenvalue weighted by Crippen LogP contribution is 1.98. The Morgan fingerprint density at radius 1 is 1.06 bits per heavy atom. The molecule has 0 aliphatic heterocycles. The number of unbranched alkanes of at least 4 members (excludes halogenated alkanes) is 3. The van der Waals surface area contributed by atoms with E-state index in [1.54, 1.807) is 24.3 Å². The third-order valence-corrected chi connectivity index (χ3v) is 2.60. The molecule has 0 aliphatic rings. The maximum atomic E-state index is 11.7. The van der Waals surface area contributed by atoms with Crippen molar-refractivity contribution in [1.82, 2.24) is 9.97 Å². The Labute approximate surface area is 106 Å². The molecular formula is C14H20N2O2. The van der Waals surface area contributed by atoms with Crippen molar-refractivity contribution >= 4 is 12.2 Å². The van der Waals surface area contributed by atoms with Gasteiger partial charge in [0.1, 0.15) is 10.7 Å². The molecule has 18 heavy (non-hydrogen) atoms. The van der Waals surface area contributed by atoms with E-state index in [4.69, 9.17) is 0 Å². The molecule has 0 fully saturated rings. The predicted molar refractivity (Wildman–Crippen MR) is 74.8 cm³/mol. The second-order valence-electron chi connectivity index (χ2n) is 4.13. The zero-order chi connectivity index (χ0) is 13.4. The van der Waals surface area contributed by atoms with Gasteiger partial charge >= 0.3 is 0 Å². The summed E-state index contributed by atoms with van der Waals surface area (Å²) >= 11 is 0. The van der Waals surface area contributed by atoms with Gasteiger partial charge in [-0.25, -0.2) is 0 Å². The Morgan fingerprint density at radius 3 is 2.39 bits per heavy atom. The van der Waals surface area contributed by atoms with Gasteiger partial charge in [-0.15, -0.1) is 0 Å². The first-order valence-corrected chi connectivity index (χ1v) is 6.34. The lowest BCUT2D eigenvalue weighted by molar-refractivity contribution is 0.739. The summed E-state index contributed by atoms with van der Waals surface area (Å²) in [6, 6.07) is 0. The van der Waals surface area contributed by atoms with Crippen LogP contribution in [0.3, 0.4) is 0 Å². The molecule has 2 N–H and O–H groups in total. The van der Waals surface area contributed by atoms with Crippen molar-refractivity contribution in [2.45, 2.75) is 39.5 Å². The standard InChI is InChI=1S/C14H20N2O2/c1-3-5-7-8-10-12-14(18)15-11(9-6-4-2)13(17)16-12/h4,6,9-10H,3,5,7-8H2,1-2H3,(H,15,18)(H,16,17)/b6-4+,11-9-,12-10-. The van der Waals surface area contributed by atoms with Crippen molar-refractivity contribution in [3.8, 4) is 0 Å². The van der Waals surface area contributed by atoms with E-state index in [2.05, 4.69) is 16.9 Å². The van der Waals surface area contributed by atoms with Gasteiger partial charge < -0.3 is 9.97 Å². The van der Waals surface area contributed by atoms with E-state index in [1.807, 2.05) is 6.92 Å². The lowest BCUT2D eigenvalue weighted by atomic mass is 10.2. The van der Waals surface area contributed by atoms with E-state index in [9.17, 15) is 9.59 Å². The number of nitrogens with one attached hydrogen (secondary N) is 2. The second-order valence-corrected chi connectivity index (χ2v) is 4.13. The summed E-state index contributed by atoms with van der Waals surface area (Å²) in [6.45, 7) is 3.97. The Balaban J connectivity index is 3.08. The largest absolute Gasteiger partial charge is 0.316 e. The van der Waals surface area contributed by atoms with Crippen molar-refractivity contribution in [2.75, 3.05) is 0 Å². The van der Waals surface area contributed by atoms with Gasteiger partial charge in [-0.2, -0.15) is 0 Å². The van der Waals surface area contributed by atoms with Gasteiger partial charge in [-0.1, -0.05) is 38.0 Å². The third-order valence-electron chi connectivity index (χ3n) is 2.60. The van der Waals surface area contributed by atoms with E-state index < -0.39 is 0 Å². The highest BCUT2D eigenvalue weighted by Gasteiger charge is 1.93. The number of allylic oxidation sites excluding steroid dienone is 2. The summed E-state index contributed by atoms with van der Waals surface area (Å²) in [4.78, 5) is 28.6. The zero-order valence-corrected chi connectivity index (χ0v) is 11.0. The monoisotopic (exact) mass is 248 g/mol. The minimum Gasteiger partial charge on any atom is -0.316 e. The van der Waals surface area contributed by atoms with Crippen LogP contribution < -0.4 is 21.8 Å². The molecule has 0 saturated heterocycles. The Morgan fingerprint density at radius 2 is 1.72 bits per heavy atom. The predicted octanol–water partition coefficient (Wildman–Crippen LogP) is 0.781. The van der Waals surface area contributed by atoms with E-state index in [0.717, 1.165) is 25.7 Å². The average Bonchev–Trinajstić information content (AvgIpc) is 2.36. The van der Waals surface area contributed by atoms with Gasteiger partial charge in [-0.3, -0.25) is 9.59 Å². The first-order chi connectivity index (χ1) is 8.69. The van der Waals surface area contributed by atoms with Crippen LogP contribution in [0.5, 0.6) is 0 Å². The fourth-order valence-corrected chi connectivity index (χ4v) is 1.59. The van der Waals surface area contributed by atoms with Crippen molar-refractivity contribution in [3.05, 3.63) is 43.6 Å². The first kappa shape index (κ1) is 14.2. The first-order valence-electron chi connectivity index (χ1n) is 6.34. The second kappa shape index (κ2) is 7.48.